The lowest BCUT2D eigenvalue weighted by Gasteiger charge is -2.30. The quantitative estimate of drug-likeness (QED) is 0.141. The molecule has 0 aliphatic carbocycles. The highest BCUT2D eigenvalue weighted by Crippen LogP contribution is 2.48. The fraction of sp³-hybridized carbons (Fsp3) is 0.429. The minimum atomic E-state index is -0.735. The van der Waals surface area contributed by atoms with E-state index in [1.807, 2.05) is 90.1 Å². The number of alkyl carbamates (subject to hydrolysis) is 1. The van der Waals surface area contributed by atoms with Gasteiger partial charge in [-0.25, -0.2) is 19.4 Å². The van der Waals surface area contributed by atoms with Crippen LogP contribution in [0.2, 0.25) is 0 Å². The van der Waals surface area contributed by atoms with Gasteiger partial charge in [-0.15, -0.1) is 22.7 Å². The summed E-state index contributed by atoms with van der Waals surface area (Å²) in [6.45, 7) is 12.6. The molecule has 13 heteroatoms. The number of hydrogen-bond acceptors (Lipinski definition) is 9. The standard InChI is InChI=1S/C35H41BrN4O6S2/c1-34(2,3)45-32(42)39-18-15-24-27(20-39)48-30(28(24)29-38-25-14-13-23(36)19-26(25)47-29)40(33(43)46-35(4,5)6)17-10-16-37-31(41)44-21-22-11-8-7-9-12-22/h7-9,11-14,19H,10,15-18,20-21H2,1-6H3,(H,37,41). The molecule has 1 aliphatic heterocycles. The van der Waals surface area contributed by atoms with Gasteiger partial charge >= 0.3 is 18.3 Å². The second kappa shape index (κ2) is 14.8. The maximum absolute atomic E-state index is 13.9. The van der Waals surface area contributed by atoms with Crippen LogP contribution in [0.4, 0.5) is 19.4 Å². The molecular weight excluding hydrogens is 716 g/mol. The van der Waals surface area contributed by atoms with Crippen LogP contribution in [0.3, 0.4) is 0 Å². The van der Waals surface area contributed by atoms with Gasteiger partial charge in [-0.05, 0) is 83.7 Å². The minimum Gasteiger partial charge on any atom is -0.445 e. The van der Waals surface area contributed by atoms with Crippen molar-refractivity contribution in [2.75, 3.05) is 24.5 Å². The third-order valence-electron chi connectivity index (χ3n) is 7.15. The van der Waals surface area contributed by atoms with Gasteiger partial charge in [0.2, 0.25) is 0 Å². The van der Waals surface area contributed by atoms with Crippen molar-refractivity contribution in [3.05, 3.63) is 69.0 Å². The summed E-state index contributed by atoms with van der Waals surface area (Å²) in [6, 6.07) is 15.4. The van der Waals surface area contributed by atoms with E-state index in [2.05, 4.69) is 21.2 Å². The van der Waals surface area contributed by atoms with Crippen LogP contribution in [0.5, 0.6) is 0 Å². The molecule has 1 aliphatic rings. The zero-order valence-corrected chi connectivity index (χ0v) is 31.3. The Bertz CT molecular complexity index is 1780. The molecule has 4 aromatic rings. The first-order valence-electron chi connectivity index (χ1n) is 15.8. The number of nitrogens with one attached hydrogen (secondary N) is 1. The molecule has 0 fully saturated rings. The first-order valence-corrected chi connectivity index (χ1v) is 18.2. The lowest BCUT2D eigenvalue weighted by Crippen LogP contribution is -2.39. The van der Waals surface area contributed by atoms with Crippen LogP contribution < -0.4 is 10.2 Å². The summed E-state index contributed by atoms with van der Waals surface area (Å²) in [4.78, 5) is 48.7. The fourth-order valence-corrected chi connectivity index (χ4v) is 8.12. The minimum absolute atomic E-state index is 0.167. The third-order valence-corrected chi connectivity index (χ3v) is 9.92. The first kappa shape index (κ1) is 35.6. The number of thiazole rings is 1. The molecule has 0 bridgehead atoms. The molecule has 0 unspecified atom stereocenters. The summed E-state index contributed by atoms with van der Waals surface area (Å²) in [6.07, 6.45) is -0.376. The Morgan fingerprint density at radius 3 is 2.44 bits per heavy atom. The van der Waals surface area contributed by atoms with Crippen molar-refractivity contribution < 1.29 is 28.6 Å². The molecule has 3 heterocycles. The van der Waals surface area contributed by atoms with Crippen molar-refractivity contribution in [2.45, 2.75) is 78.7 Å². The first-order chi connectivity index (χ1) is 22.7. The zero-order valence-electron chi connectivity index (χ0n) is 28.1. The van der Waals surface area contributed by atoms with Crippen molar-refractivity contribution in [1.29, 1.82) is 0 Å². The summed E-state index contributed by atoms with van der Waals surface area (Å²) in [7, 11) is 0. The van der Waals surface area contributed by atoms with E-state index < -0.39 is 23.4 Å². The molecule has 1 N–H and O–H groups in total. The van der Waals surface area contributed by atoms with Gasteiger partial charge < -0.3 is 24.4 Å². The monoisotopic (exact) mass is 756 g/mol. The summed E-state index contributed by atoms with van der Waals surface area (Å²) >= 11 is 6.59. The normalized spacial score (nSPS) is 13.2. The lowest BCUT2D eigenvalue weighted by atomic mass is 10.0. The number of hydrogen-bond donors (Lipinski definition) is 1. The second-order valence-corrected chi connectivity index (χ2v) is 16.5. The van der Waals surface area contributed by atoms with Crippen molar-refractivity contribution in [1.82, 2.24) is 15.2 Å². The number of ether oxygens (including phenoxy) is 3. The number of aromatic nitrogens is 1. The van der Waals surface area contributed by atoms with Crippen LogP contribution >= 0.6 is 38.6 Å². The summed E-state index contributed by atoms with van der Waals surface area (Å²) in [5.41, 5.74) is 2.33. The molecule has 0 spiro atoms. The van der Waals surface area contributed by atoms with E-state index in [0.717, 1.165) is 41.3 Å². The number of benzene rings is 2. The highest BCUT2D eigenvalue weighted by Gasteiger charge is 2.35. The molecule has 48 heavy (non-hydrogen) atoms. The van der Waals surface area contributed by atoms with E-state index >= 15 is 0 Å². The molecule has 0 saturated heterocycles. The Kier molecular flexibility index (Phi) is 11.0. The van der Waals surface area contributed by atoms with E-state index in [4.69, 9.17) is 19.2 Å². The maximum atomic E-state index is 13.9. The predicted molar refractivity (Wildman–Crippen MR) is 194 cm³/mol. The number of carbonyl (C=O) groups excluding carboxylic acids is 3. The van der Waals surface area contributed by atoms with Gasteiger partial charge in [-0.3, -0.25) is 4.90 Å². The molecule has 5 rings (SSSR count). The van der Waals surface area contributed by atoms with Gasteiger partial charge in [0.15, 0.2) is 0 Å². The molecule has 0 atom stereocenters. The molecule has 0 radical (unpaired) electrons. The molecule has 0 saturated carbocycles. The Morgan fingerprint density at radius 2 is 1.73 bits per heavy atom. The number of halogens is 1. The number of nitrogens with zero attached hydrogens (tertiary/aromatic N) is 3. The topological polar surface area (TPSA) is 110 Å². The highest BCUT2D eigenvalue weighted by atomic mass is 79.9. The van der Waals surface area contributed by atoms with Crippen molar-refractivity contribution in [3.8, 4) is 10.6 Å². The van der Waals surface area contributed by atoms with Gasteiger partial charge in [0, 0.05) is 34.5 Å². The van der Waals surface area contributed by atoms with Crippen LogP contribution in [-0.2, 0) is 33.8 Å². The summed E-state index contributed by atoms with van der Waals surface area (Å²) in [5.74, 6) is 0. The average Bonchev–Trinajstić information content (AvgIpc) is 3.59. The van der Waals surface area contributed by atoms with Gasteiger partial charge in [-0.1, -0.05) is 46.3 Å². The van der Waals surface area contributed by atoms with Gasteiger partial charge in [0.05, 0.1) is 16.8 Å². The van der Waals surface area contributed by atoms with Crippen molar-refractivity contribution in [3.63, 3.8) is 0 Å². The van der Waals surface area contributed by atoms with Crippen molar-refractivity contribution >= 4 is 72.1 Å². The summed E-state index contributed by atoms with van der Waals surface area (Å²) in [5, 5.41) is 4.28. The number of amides is 3. The number of fused-ring (bicyclic) bond motifs is 2. The molecule has 2 aromatic carbocycles. The maximum Gasteiger partial charge on any atom is 0.415 e. The Morgan fingerprint density at radius 1 is 1.00 bits per heavy atom. The third kappa shape index (κ3) is 9.26. The van der Waals surface area contributed by atoms with Gasteiger partial charge in [-0.2, -0.15) is 0 Å². The van der Waals surface area contributed by atoms with Crippen LogP contribution in [0.1, 0.15) is 64.0 Å². The van der Waals surface area contributed by atoms with Crippen LogP contribution in [0.15, 0.2) is 53.0 Å². The zero-order chi connectivity index (χ0) is 34.6. The molecular formula is C35H41BrN4O6S2. The smallest absolute Gasteiger partial charge is 0.415 e. The van der Waals surface area contributed by atoms with Crippen molar-refractivity contribution in [2.24, 2.45) is 0 Å². The lowest BCUT2D eigenvalue weighted by molar-refractivity contribution is 0.0226. The molecule has 256 valence electrons. The van der Waals surface area contributed by atoms with E-state index in [0.29, 0.717) is 30.9 Å². The Hall–Kier alpha value is -3.68. The van der Waals surface area contributed by atoms with Gasteiger partial charge in [0.25, 0.3) is 0 Å². The predicted octanol–water partition coefficient (Wildman–Crippen LogP) is 9.14. The summed E-state index contributed by atoms with van der Waals surface area (Å²) < 4.78 is 18.9. The number of rotatable bonds is 8. The molecule has 3 amide bonds. The number of carbonyl (C=O) groups is 3. The van der Waals surface area contributed by atoms with E-state index in [9.17, 15) is 14.4 Å². The Balaban J connectivity index is 1.44. The largest absolute Gasteiger partial charge is 0.445 e. The SMILES string of the molecule is CC(C)(C)OC(=O)N1CCc2c(sc(N(CCCNC(=O)OCc3ccccc3)C(=O)OC(C)(C)C)c2-c2nc3ccc(Br)cc3s2)C1. The average molecular weight is 758 g/mol. The van der Waals surface area contributed by atoms with E-state index in [1.165, 1.54) is 11.3 Å². The number of anilines is 1. The highest BCUT2D eigenvalue weighted by molar-refractivity contribution is 9.10. The fourth-order valence-electron chi connectivity index (χ4n) is 5.08. The second-order valence-electron chi connectivity index (χ2n) is 13.4. The molecule has 10 nitrogen and oxygen atoms in total. The van der Waals surface area contributed by atoms with Gasteiger partial charge in [0.1, 0.15) is 27.8 Å². The number of thiophene rings is 1. The van der Waals surface area contributed by atoms with Crippen LogP contribution in [0, 0.1) is 0 Å². The molecule has 2 aromatic heterocycles. The van der Waals surface area contributed by atoms with E-state index in [-0.39, 0.29) is 25.8 Å². The van der Waals surface area contributed by atoms with Crippen LogP contribution in [0.25, 0.3) is 20.8 Å². The Labute approximate surface area is 297 Å². The van der Waals surface area contributed by atoms with E-state index in [1.54, 1.807) is 21.1 Å². The van der Waals surface area contributed by atoms with Crippen LogP contribution in [-0.4, -0.2) is 59.0 Å².